The van der Waals surface area contributed by atoms with Gasteiger partial charge in [-0.25, -0.2) is 19.6 Å². The molecule has 0 bridgehead atoms. The summed E-state index contributed by atoms with van der Waals surface area (Å²) in [6, 6.07) is 14.9. The largest absolute Gasteiger partial charge is 0.340 e. The quantitative estimate of drug-likeness (QED) is 0.118. The number of aromatic amines is 2. The molecule has 2 aromatic heterocycles. The third-order valence-electron chi connectivity index (χ3n) is 9.95. The Balaban J connectivity index is 1.08. The normalized spacial score (nSPS) is 17.5. The first-order valence-corrected chi connectivity index (χ1v) is 18.6. The number of nitrogens with one attached hydrogen (secondary N) is 6. The molecule has 6 rings (SSSR count). The second kappa shape index (κ2) is 16.8. The van der Waals surface area contributed by atoms with E-state index in [4.69, 9.17) is 0 Å². The number of benzene rings is 2. The minimum Gasteiger partial charge on any atom is -0.340 e. The van der Waals surface area contributed by atoms with Crippen LogP contribution in [0, 0.1) is 5.92 Å². The summed E-state index contributed by atoms with van der Waals surface area (Å²) in [5.41, 5.74) is 5.86. The zero-order valence-electron chi connectivity index (χ0n) is 30.9. The molecule has 53 heavy (non-hydrogen) atoms. The van der Waals surface area contributed by atoms with Crippen molar-refractivity contribution in [1.82, 2.24) is 51.0 Å². The zero-order chi connectivity index (χ0) is 37.5. The van der Waals surface area contributed by atoms with Gasteiger partial charge in [0.1, 0.15) is 17.7 Å². The first-order chi connectivity index (χ1) is 25.7. The predicted molar refractivity (Wildman–Crippen MR) is 202 cm³/mol. The highest BCUT2D eigenvalue weighted by Gasteiger charge is 2.37. The van der Waals surface area contributed by atoms with Crippen LogP contribution in [0.3, 0.4) is 0 Å². The molecule has 1 unspecified atom stereocenters. The number of carbonyl (C=O) groups is 4. The van der Waals surface area contributed by atoms with Gasteiger partial charge < -0.3 is 41.0 Å². The van der Waals surface area contributed by atoms with Crippen molar-refractivity contribution in [1.29, 1.82) is 0 Å². The van der Waals surface area contributed by atoms with E-state index < -0.39 is 6.04 Å². The molecular weight excluding hydrogens is 672 g/mol. The summed E-state index contributed by atoms with van der Waals surface area (Å²) < 4.78 is 0. The summed E-state index contributed by atoms with van der Waals surface area (Å²) >= 11 is 0. The lowest BCUT2D eigenvalue weighted by molar-refractivity contribution is -0.135. The van der Waals surface area contributed by atoms with Crippen LogP contribution in [0.25, 0.3) is 33.6 Å². The van der Waals surface area contributed by atoms with Crippen molar-refractivity contribution in [2.75, 3.05) is 32.7 Å². The average Bonchev–Trinajstić information content (AvgIpc) is 3.99. The van der Waals surface area contributed by atoms with Crippen LogP contribution in [0.2, 0.25) is 0 Å². The monoisotopic (exact) mass is 722 g/mol. The van der Waals surface area contributed by atoms with E-state index in [2.05, 4.69) is 89.7 Å². The average molecular weight is 723 g/mol. The van der Waals surface area contributed by atoms with Gasteiger partial charge in [-0.05, 0) is 67.7 Å². The molecule has 0 saturated carbocycles. The summed E-state index contributed by atoms with van der Waals surface area (Å²) in [5, 5.41) is 10.8. The minimum atomic E-state index is -0.620. The maximum Gasteiger partial charge on any atom is 0.315 e. The number of urea groups is 2. The predicted octanol–water partition coefficient (Wildman–Crippen LogP) is 5.12. The maximum absolute atomic E-state index is 13.6. The number of nitrogens with zero attached hydrogens (tertiary/aromatic N) is 4. The SMILES string of the molecule is CCNC(=O)NCC(=O)N1CCC[C@H]1c1ncc(-c2ccc(-c3ccc(-c4cnc(C5CCCN5C(=O)[C@@H](NC(=O)NCC)C(C)C)[nH]4)cc3)cc2)[nH]1. The first kappa shape index (κ1) is 37.1. The highest BCUT2D eigenvalue weighted by atomic mass is 16.2. The summed E-state index contributed by atoms with van der Waals surface area (Å²) in [5.74, 6) is 1.20. The molecule has 280 valence electrons. The molecule has 0 spiro atoms. The Morgan fingerprint density at radius 3 is 1.68 bits per heavy atom. The van der Waals surface area contributed by atoms with Gasteiger partial charge in [0.2, 0.25) is 11.8 Å². The Morgan fingerprint density at radius 2 is 1.17 bits per heavy atom. The number of H-pyrrole nitrogens is 2. The number of amides is 6. The Labute approximate surface area is 309 Å². The number of hydrogen-bond acceptors (Lipinski definition) is 6. The second-order valence-electron chi connectivity index (χ2n) is 13.9. The van der Waals surface area contributed by atoms with Gasteiger partial charge >= 0.3 is 12.1 Å². The Hall–Kier alpha value is -5.66. The molecule has 4 aromatic rings. The van der Waals surface area contributed by atoms with Gasteiger partial charge in [0.15, 0.2) is 0 Å². The van der Waals surface area contributed by atoms with Crippen molar-refractivity contribution < 1.29 is 19.2 Å². The van der Waals surface area contributed by atoms with Gasteiger partial charge in [-0.3, -0.25) is 9.59 Å². The lowest BCUT2D eigenvalue weighted by Gasteiger charge is -2.30. The standard InChI is InChI=1S/C39H50N10O4/c1-5-40-38(52)44-23-33(50)48-19-7-9-31(48)35-42-21-29(45-35)27-15-11-25(12-16-27)26-13-17-28(18-14-26)30-22-43-36(46-30)32-10-8-20-49(32)37(51)34(24(3)4)47-39(53)41-6-2/h11-18,21-22,24,31-32,34H,5-10,19-20,23H2,1-4H3,(H,42,45)(H,43,46)(H2,40,44,52)(H2,41,47,53)/t31-,32?,34-/m0/s1. The van der Waals surface area contributed by atoms with Crippen molar-refractivity contribution in [3.05, 3.63) is 72.6 Å². The van der Waals surface area contributed by atoms with Crippen molar-refractivity contribution in [3.8, 4) is 33.6 Å². The van der Waals surface area contributed by atoms with Crippen LogP contribution >= 0.6 is 0 Å². The van der Waals surface area contributed by atoms with Crippen LogP contribution in [-0.2, 0) is 9.59 Å². The molecular formula is C39H50N10O4. The van der Waals surface area contributed by atoms with Gasteiger partial charge in [0, 0.05) is 26.2 Å². The molecule has 0 radical (unpaired) electrons. The number of rotatable bonds is 12. The van der Waals surface area contributed by atoms with E-state index in [0.29, 0.717) is 26.2 Å². The van der Waals surface area contributed by atoms with Crippen LogP contribution in [-0.4, -0.2) is 92.4 Å². The fourth-order valence-corrected chi connectivity index (χ4v) is 7.18. The molecule has 6 N–H and O–H groups in total. The third kappa shape index (κ3) is 8.53. The topological polar surface area (TPSA) is 180 Å². The van der Waals surface area contributed by atoms with Gasteiger partial charge in [0.05, 0.1) is 42.4 Å². The molecule has 2 aliphatic heterocycles. The first-order valence-electron chi connectivity index (χ1n) is 18.6. The van der Waals surface area contributed by atoms with Crippen LogP contribution in [0.15, 0.2) is 60.9 Å². The van der Waals surface area contributed by atoms with Crippen molar-refractivity contribution >= 4 is 23.9 Å². The molecule has 0 aliphatic carbocycles. The zero-order valence-corrected chi connectivity index (χ0v) is 30.9. The lowest BCUT2D eigenvalue weighted by atomic mass is 10.0. The molecule has 4 heterocycles. The Morgan fingerprint density at radius 1 is 0.698 bits per heavy atom. The minimum absolute atomic E-state index is 0.0534. The second-order valence-corrected chi connectivity index (χ2v) is 13.9. The van der Waals surface area contributed by atoms with E-state index in [1.54, 1.807) is 11.1 Å². The molecule has 14 nitrogen and oxygen atoms in total. The van der Waals surface area contributed by atoms with E-state index in [9.17, 15) is 19.2 Å². The van der Waals surface area contributed by atoms with Gasteiger partial charge in [-0.15, -0.1) is 0 Å². The van der Waals surface area contributed by atoms with E-state index in [-0.39, 0.29) is 48.4 Å². The van der Waals surface area contributed by atoms with Gasteiger partial charge in [-0.1, -0.05) is 62.4 Å². The molecule has 2 aliphatic rings. The molecule has 2 aromatic carbocycles. The summed E-state index contributed by atoms with van der Waals surface area (Å²) in [6.07, 6.45) is 6.97. The number of imidazole rings is 2. The fourth-order valence-electron chi connectivity index (χ4n) is 7.18. The molecule has 6 amide bonds. The summed E-state index contributed by atoms with van der Waals surface area (Å²) in [6.45, 7) is 9.73. The summed E-state index contributed by atoms with van der Waals surface area (Å²) in [7, 11) is 0. The van der Waals surface area contributed by atoms with E-state index in [0.717, 1.165) is 71.0 Å². The number of hydrogen-bond donors (Lipinski definition) is 6. The van der Waals surface area contributed by atoms with Crippen LogP contribution in [0.5, 0.6) is 0 Å². The van der Waals surface area contributed by atoms with Crippen molar-refractivity contribution in [2.45, 2.75) is 71.5 Å². The molecule has 2 saturated heterocycles. The smallest absolute Gasteiger partial charge is 0.315 e. The van der Waals surface area contributed by atoms with Crippen LogP contribution in [0.4, 0.5) is 9.59 Å². The number of carbonyl (C=O) groups excluding carboxylic acids is 4. The molecule has 3 atom stereocenters. The van der Waals surface area contributed by atoms with E-state index in [1.807, 2.05) is 38.8 Å². The van der Waals surface area contributed by atoms with Gasteiger partial charge in [-0.2, -0.15) is 0 Å². The van der Waals surface area contributed by atoms with Crippen LogP contribution < -0.4 is 21.3 Å². The highest BCUT2D eigenvalue weighted by molar-refractivity contribution is 5.88. The maximum atomic E-state index is 13.6. The molecule has 14 heteroatoms. The van der Waals surface area contributed by atoms with Crippen LogP contribution in [0.1, 0.15) is 77.1 Å². The van der Waals surface area contributed by atoms with E-state index >= 15 is 0 Å². The van der Waals surface area contributed by atoms with Crippen molar-refractivity contribution in [3.63, 3.8) is 0 Å². The molecule has 2 fully saturated rings. The lowest BCUT2D eigenvalue weighted by Crippen LogP contribution is -2.53. The Bertz CT molecular complexity index is 1880. The number of aromatic nitrogens is 4. The summed E-state index contributed by atoms with van der Waals surface area (Å²) in [4.78, 5) is 70.3. The highest BCUT2D eigenvalue weighted by Crippen LogP contribution is 2.34. The van der Waals surface area contributed by atoms with Gasteiger partial charge in [0.25, 0.3) is 0 Å². The Kier molecular flexibility index (Phi) is 11.8. The number of likely N-dealkylation sites (tertiary alicyclic amines) is 2. The fraction of sp³-hybridized carbons (Fsp3) is 0.436. The third-order valence-corrected chi connectivity index (χ3v) is 9.95. The van der Waals surface area contributed by atoms with E-state index in [1.165, 1.54) is 0 Å². The van der Waals surface area contributed by atoms with Crippen molar-refractivity contribution in [2.24, 2.45) is 5.92 Å².